The fraction of sp³-hybridized carbons (Fsp3) is 1.00. The molecule has 0 aromatic carbocycles. The minimum absolute atomic E-state index is 0.837. The Morgan fingerprint density at radius 2 is 1.32 bits per heavy atom. The van der Waals surface area contributed by atoms with Crippen molar-refractivity contribution in [2.75, 3.05) is 14.1 Å². The Labute approximate surface area is 141 Å². The van der Waals surface area contributed by atoms with Gasteiger partial charge in [-0.15, -0.1) is 0 Å². The number of hydrogen-bond acceptors (Lipinski definition) is 1. The lowest BCUT2D eigenvalue weighted by molar-refractivity contribution is 0.128. The summed E-state index contributed by atoms with van der Waals surface area (Å²) in [5.41, 5.74) is 0. The molecule has 0 amide bonds. The summed E-state index contributed by atoms with van der Waals surface area (Å²) < 4.78 is 0. The van der Waals surface area contributed by atoms with Gasteiger partial charge in [0.2, 0.25) is 0 Å². The van der Waals surface area contributed by atoms with Gasteiger partial charge in [0.1, 0.15) is 0 Å². The van der Waals surface area contributed by atoms with Crippen molar-refractivity contribution in [3.05, 3.63) is 0 Å². The Hall–Kier alpha value is -0.0400. The van der Waals surface area contributed by atoms with E-state index in [0.717, 1.165) is 17.9 Å². The third-order valence-corrected chi connectivity index (χ3v) is 5.86. The summed E-state index contributed by atoms with van der Waals surface area (Å²) in [4.78, 5) is 2.45. The molecule has 132 valence electrons. The highest BCUT2D eigenvalue weighted by atomic mass is 15.1. The molecule has 1 saturated carbocycles. The molecule has 0 spiro atoms. The molecule has 1 aliphatic rings. The third-order valence-electron chi connectivity index (χ3n) is 5.86. The van der Waals surface area contributed by atoms with Crippen molar-refractivity contribution in [1.82, 2.24) is 4.90 Å². The number of hydrogen-bond donors (Lipinski definition) is 0. The second-order valence-electron chi connectivity index (χ2n) is 8.16. The Bertz CT molecular complexity index is 248. The van der Waals surface area contributed by atoms with Gasteiger partial charge in [-0.3, -0.25) is 0 Å². The van der Waals surface area contributed by atoms with Crippen LogP contribution in [0, 0.1) is 11.8 Å². The molecule has 0 radical (unpaired) electrons. The van der Waals surface area contributed by atoms with Crippen LogP contribution in [0.2, 0.25) is 0 Å². The van der Waals surface area contributed by atoms with Crippen LogP contribution in [0.15, 0.2) is 0 Å². The van der Waals surface area contributed by atoms with Crippen molar-refractivity contribution in [2.45, 2.75) is 110 Å². The predicted octanol–water partition coefficient (Wildman–Crippen LogP) is 6.66. The average Bonchev–Trinajstić information content (AvgIpc) is 2.49. The van der Waals surface area contributed by atoms with E-state index in [2.05, 4.69) is 32.8 Å². The molecule has 0 heterocycles. The summed E-state index contributed by atoms with van der Waals surface area (Å²) in [7, 11) is 4.51. The second-order valence-corrected chi connectivity index (χ2v) is 8.16. The van der Waals surface area contributed by atoms with E-state index in [4.69, 9.17) is 0 Å². The highest BCUT2D eigenvalue weighted by molar-refractivity contribution is 4.82. The van der Waals surface area contributed by atoms with E-state index in [0.29, 0.717) is 0 Å². The van der Waals surface area contributed by atoms with Gasteiger partial charge in [-0.2, -0.15) is 0 Å². The summed E-state index contributed by atoms with van der Waals surface area (Å²) in [6.07, 6.45) is 20.5. The van der Waals surface area contributed by atoms with Gasteiger partial charge in [0, 0.05) is 6.04 Å². The minimum Gasteiger partial charge on any atom is -0.306 e. The minimum atomic E-state index is 0.837. The van der Waals surface area contributed by atoms with Gasteiger partial charge in [0.05, 0.1) is 0 Å². The molecule has 22 heavy (non-hydrogen) atoms. The van der Waals surface area contributed by atoms with Crippen LogP contribution in [-0.4, -0.2) is 25.0 Å². The molecule has 0 aromatic heterocycles. The second kappa shape index (κ2) is 12.4. The lowest BCUT2D eigenvalue weighted by Crippen LogP contribution is -2.38. The van der Waals surface area contributed by atoms with E-state index >= 15 is 0 Å². The Kier molecular flexibility index (Phi) is 11.3. The van der Waals surface area contributed by atoms with E-state index in [-0.39, 0.29) is 0 Å². The van der Waals surface area contributed by atoms with Crippen LogP contribution in [0.25, 0.3) is 0 Å². The van der Waals surface area contributed by atoms with E-state index in [9.17, 15) is 0 Å². The standard InChI is InChI=1S/C21H43N/c1-5-6-7-8-9-10-11-12-13-14-15-20-16-17-21(22(3)4)19(2)18-20/h19-21H,5-18H2,1-4H3. The molecule has 1 heteroatoms. The molecule has 1 aliphatic carbocycles. The molecule has 1 rings (SSSR count). The summed E-state index contributed by atoms with van der Waals surface area (Å²) in [6.45, 7) is 4.77. The first-order valence-electron chi connectivity index (χ1n) is 10.3. The van der Waals surface area contributed by atoms with Gasteiger partial charge in [0.15, 0.2) is 0 Å². The first-order valence-corrected chi connectivity index (χ1v) is 10.3. The van der Waals surface area contributed by atoms with Crippen LogP contribution in [-0.2, 0) is 0 Å². The molecule has 3 atom stereocenters. The van der Waals surface area contributed by atoms with Gasteiger partial charge in [-0.1, -0.05) is 84.5 Å². The highest BCUT2D eigenvalue weighted by Crippen LogP contribution is 2.34. The number of unbranched alkanes of at least 4 members (excludes halogenated alkanes) is 9. The van der Waals surface area contributed by atoms with Gasteiger partial charge in [-0.05, 0) is 45.2 Å². The highest BCUT2D eigenvalue weighted by Gasteiger charge is 2.28. The zero-order chi connectivity index (χ0) is 16.2. The van der Waals surface area contributed by atoms with E-state index in [1.54, 1.807) is 0 Å². The van der Waals surface area contributed by atoms with Crippen molar-refractivity contribution in [3.63, 3.8) is 0 Å². The Balaban J connectivity index is 1.91. The topological polar surface area (TPSA) is 3.24 Å². The first-order chi connectivity index (χ1) is 10.6. The van der Waals surface area contributed by atoms with E-state index < -0.39 is 0 Å². The normalized spacial score (nSPS) is 25.8. The molecule has 0 aliphatic heterocycles. The molecular formula is C21H43N. The van der Waals surface area contributed by atoms with Gasteiger partial charge in [-0.25, -0.2) is 0 Å². The average molecular weight is 310 g/mol. The zero-order valence-electron chi connectivity index (χ0n) is 16.1. The van der Waals surface area contributed by atoms with Crippen molar-refractivity contribution >= 4 is 0 Å². The molecule has 3 unspecified atom stereocenters. The molecular weight excluding hydrogens is 266 g/mol. The third kappa shape index (κ3) is 8.56. The van der Waals surface area contributed by atoms with Crippen LogP contribution in [0.5, 0.6) is 0 Å². The first kappa shape index (κ1) is 20.0. The smallest absolute Gasteiger partial charge is 0.0115 e. The summed E-state index contributed by atoms with van der Waals surface area (Å²) >= 11 is 0. The SMILES string of the molecule is CCCCCCCCCCCCC1CCC(N(C)C)C(C)C1. The summed E-state index contributed by atoms with van der Waals surface area (Å²) in [5, 5.41) is 0. The lowest BCUT2D eigenvalue weighted by atomic mass is 9.76. The maximum absolute atomic E-state index is 2.47. The molecule has 0 aromatic rings. The fourth-order valence-electron chi connectivity index (χ4n) is 4.44. The number of rotatable bonds is 12. The van der Waals surface area contributed by atoms with Gasteiger partial charge in [0.25, 0.3) is 0 Å². The van der Waals surface area contributed by atoms with Crippen molar-refractivity contribution in [1.29, 1.82) is 0 Å². The molecule has 0 saturated heterocycles. The number of nitrogens with zero attached hydrogens (tertiary/aromatic N) is 1. The van der Waals surface area contributed by atoms with Crippen molar-refractivity contribution < 1.29 is 0 Å². The van der Waals surface area contributed by atoms with Crippen molar-refractivity contribution in [2.24, 2.45) is 11.8 Å². The molecule has 1 nitrogen and oxygen atoms in total. The quantitative estimate of drug-likeness (QED) is 0.364. The summed E-state index contributed by atoms with van der Waals surface area (Å²) in [6, 6.07) is 0.837. The van der Waals surface area contributed by atoms with Crippen molar-refractivity contribution in [3.8, 4) is 0 Å². The van der Waals surface area contributed by atoms with Gasteiger partial charge >= 0.3 is 0 Å². The van der Waals surface area contributed by atoms with Crippen LogP contribution in [0.4, 0.5) is 0 Å². The molecule has 1 fully saturated rings. The van der Waals surface area contributed by atoms with Crippen LogP contribution >= 0.6 is 0 Å². The molecule has 0 bridgehead atoms. The van der Waals surface area contributed by atoms with Crippen LogP contribution in [0.1, 0.15) is 104 Å². The largest absolute Gasteiger partial charge is 0.306 e. The van der Waals surface area contributed by atoms with Crippen LogP contribution < -0.4 is 0 Å². The van der Waals surface area contributed by atoms with E-state index in [1.807, 2.05) is 0 Å². The van der Waals surface area contributed by atoms with Crippen LogP contribution in [0.3, 0.4) is 0 Å². The Morgan fingerprint density at radius 1 is 0.773 bits per heavy atom. The lowest BCUT2D eigenvalue weighted by Gasteiger charge is -2.38. The maximum atomic E-state index is 2.47. The predicted molar refractivity (Wildman–Crippen MR) is 100 cm³/mol. The van der Waals surface area contributed by atoms with Gasteiger partial charge < -0.3 is 4.90 Å². The van der Waals surface area contributed by atoms with E-state index in [1.165, 1.54) is 89.9 Å². The fourth-order valence-corrected chi connectivity index (χ4v) is 4.44. The Morgan fingerprint density at radius 3 is 1.82 bits per heavy atom. The monoisotopic (exact) mass is 309 g/mol. The molecule has 0 N–H and O–H groups in total. The zero-order valence-corrected chi connectivity index (χ0v) is 16.1. The summed E-state index contributed by atoms with van der Waals surface area (Å²) in [5.74, 6) is 1.93. The maximum Gasteiger partial charge on any atom is 0.0115 e.